The largest absolute Gasteiger partial charge is 0.468 e. The summed E-state index contributed by atoms with van der Waals surface area (Å²) in [7, 11) is 5.24. The van der Waals surface area contributed by atoms with Gasteiger partial charge in [0.05, 0.1) is 26.5 Å². The first-order valence-corrected chi connectivity index (χ1v) is 6.05. The van der Waals surface area contributed by atoms with Crippen molar-refractivity contribution in [2.75, 3.05) is 40.9 Å². The Morgan fingerprint density at radius 1 is 1.63 bits per heavy atom. The zero-order valence-electron chi connectivity index (χ0n) is 11.5. The van der Waals surface area contributed by atoms with Gasteiger partial charge in [0.25, 0.3) is 0 Å². The van der Waals surface area contributed by atoms with E-state index in [-0.39, 0.29) is 6.61 Å². The molecule has 0 radical (unpaired) electrons. The first-order chi connectivity index (χ1) is 9.08. The van der Waals surface area contributed by atoms with Crippen molar-refractivity contribution in [1.82, 2.24) is 25.2 Å². The van der Waals surface area contributed by atoms with Crippen LogP contribution in [0.25, 0.3) is 0 Å². The van der Waals surface area contributed by atoms with Crippen LogP contribution in [0.2, 0.25) is 0 Å². The maximum atomic E-state index is 11.7. The molecule has 1 unspecified atom stereocenters. The molecule has 1 atom stereocenters. The Labute approximate surface area is 112 Å². The molecule has 0 fully saturated rings. The number of aromatic nitrogens is 3. The van der Waals surface area contributed by atoms with Crippen LogP contribution in [-0.2, 0) is 16.1 Å². The lowest BCUT2D eigenvalue weighted by Crippen LogP contribution is -2.34. The highest BCUT2D eigenvalue weighted by molar-refractivity contribution is 5.76. The van der Waals surface area contributed by atoms with Crippen molar-refractivity contribution in [2.24, 2.45) is 0 Å². The van der Waals surface area contributed by atoms with Crippen molar-refractivity contribution in [2.45, 2.75) is 12.6 Å². The van der Waals surface area contributed by atoms with E-state index in [0.717, 1.165) is 6.54 Å². The van der Waals surface area contributed by atoms with Gasteiger partial charge in [-0.2, -0.15) is 0 Å². The molecule has 0 bridgehead atoms. The number of nitrogens with one attached hydrogen (secondary N) is 1. The van der Waals surface area contributed by atoms with Crippen LogP contribution in [0.1, 0.15) is 11.7 Å². The van der Waals surface area contributed by atoms with Gasteiger partial charge in [-0.05, 0) is 14.1 Å². The molecule has 0 aliphatic rings. The van der Waals surface area contributed by atoms with E-state index in [0.29, 0.717) is 18.8 Å². The predicted octanol–water partition coefficient (Wildman–Crippen LogP) is -1.36. The van der Waals surface area contributed by atoms with E-state index in [1.54, 1.807) is 6.20 Å². The number of aliphatic hydroxyl groups is 1. The van der Waals surface area contributed by atoms with Crippen LogP contribution < -0.4 is 5.32 Å². The summed E-state index contributed by atoms with van der Waals surface area (Å²) in [5.74, 6) is -0.408. The molecule has 0 amide bonds. The van der Waals surface area contributed by atoms with Gasteiger partial charge in [0, 0.05) is 13.1 Å². The van der Waals surface area contributed by atoms with E-state index in [2.05, 4.69) is 15.6 Å². The number of carbonyl (C=O) groups is 1. The Balaban J connectivity index is 2.69. The van der Waals surface area contributed by atoms with Crippen LogP contribution in [0.5, 0.6) is 0 Å². The lowest BCUT2D eigenvalue weighted by atomic mass is 10.2. The minimum absolute atomic E-state index is 0.0280. The fourth-order valence-electron chi connectivity index (χ4n) is 1.52. The molecule has 1 aromatic heterocycles. The van der Waals surface area contributed by atoms with Crippen molar-refractivity contribution in [3.63, 3.8) is 0 Å². The normalized spacial score (nSPS) is 12.7. The van der Waals surface area contributed by atoms with E-state index in [4.69, 9.17) is 9.84 Å². The molecule has 0 saturated heterocycles. The molecule has 0 aliphatic heterocycles. The number of likely N-dealkylation sites (N-methyl/N-ethyl adjacent to an activating group) is 1. The SMILES string of the molecule is COC(=O)C(NCCN(C)C)c1cn(CCO)nn1. The number of hydrogen-bond acceptors (Lipinski definition) is 7. The van der Waals surface area contributed by atoms with Crippen LogP contribution >= 0.6 is 0 Å². The highest BCUT2D eigenvalue weighted by atomic mass is 16.5. The number of esters is 1. The highest BCUT2D eigenvalue weighted by Gasteiger charge is 2.23. The van der Waals surface area contributed by atoms with Gasteiger partial charge in [-0.25, -0.2) is 9.48 Å². The van der Waals surface area contributed by atoms with Gasteiger partial charge in [0.15, 0.2) is 6.04 Å². The van der Waals surface area contributed by atoms with Crippen molar-refractivity contribution >= 4 is 5.97 Å². The van der Waals surface area contributed by atoms with Crippen LogP contribution in [0, 0.1) is 0 Å². The summed E-state index contributed by atoms with van der Waals surface area (Å²) in [5, 5.41) is 19.7. The molecular weight excluding hydrogens is 250 g/mol. The molecule has 19 heavy (non-hydrogen) atoms. The van der Waals surface area contributed by atoms with E-state index in [1.807, 2.05) is 19.0 Å². The molecule has 0 spiro atoms. The minimum atomic E-state index is -0.641. The molecule has 108 valence electrons. The quantitative estimate of drug-likeness (QED) is 0.564. The average Bonchev–Trinajstić information content (AvgIpc) is 2.82. The zero-order chi connectivity index (χ0) is 14.3. The summed E-state index contributed by atoms with van der Waals surface area (Å²) in [5.41, 5.74) is 0.485. The Bertz CT molecular complexity index is 393. The fraction of sp³-hybridized carbons (Fsp3) is 0.727. The lowest BCUT2D eigenvalue weighted by molar-refractivity contribution is -0.143. The van der Waals surface area contributed by atoms with Crippen molar-refractivity contribution in [1.29, 1.82) is 0 Å². The lowest BCUT2D eigenvalue weighted by Gasteiger charge is -2.16. The number of ether oxygens (including phenoxy) is 1. The van der Waals surface area contributed by atoms with Gasteiger partial charge >= 0.3 is 5.97 Å². The van der Waals surface area contributed by atoms with Crippen molar-refractivity contribution in [3.05, 3.63) is 11.9 Å². The Morgan fingerprint density at radius 2 is 2.37 bits per heavy atom. The molecule has 8 heteroatoms. The molecule has 2 N–H and O–H groups in total. The summed E-state index contributed by atoms with van der Waals surface area (Å²) in [4.78, 5) is 13.7. The van der Waals surface area contributed by atoms with Gasteiger partial charge in [-0.1, -0.05) is 5.21 Å². The van der Waals surface area contributed by atoms with Gasteiger partial charge in [0.2, 0.25) is 0 Å². The Kier molecular flexibility index (Phi) is 6.40. The summed E-state index contributed by atoms with van der Waals surface area (Å²) >= 11 is 0. The molecular formula is C11H21N5O3. The standard InChI is InChI=1S/C11H21N5O3/c1-15(2)5-4-12-10(11(18)19-3)9-8-16(6-7-17)14-13-9/h8,10,12,17H,4-7H2,1-3H3. The number of hydrogen-bond donors (Lipinski definition) is 2. The molecule has 0 aliphatic carbocycles. The number of rotatable bonds is 8. The second-order valence-electron chi connectivity index (χ2n) is 4.34. The van der Waals surface area contributed by atoms with E-state index < -0.39 is 12.0 Å². The number of aliphatic hydroxyl groups excluding tert-OH is 1. The van der Waals surface area contributed by atoms with Gasteiger partial charge < -0.3 is 14.7 Å². The predicted molar refractivity (Wildman–Crippen MR) is 68.4 cm³/mol. The first kappa shape index (κ1) is 15.5. The fourth-order valence-corrected chi connectivity index (χ4v) is 1.52. The Morgan fingerprint density at radius 3 is 2.95 bits per heavy atom. The van der Waals surface area contributed by atoms with Crippen LogP contribution in [-0.4, -0.2) is 71.9 Å². The molecule has 0 saturated carbocycles. The van der Waals surface area contributed by atoms with E-state index in [1.165, 1.54) is 11.8 Å². The third-order valence-electron chi connectivity index (χ3n) is 2.53. The maximum absolute atomic E-state index is 11.7. The summed E-state index contributed by atoms with van der Waals surface area (Å²) in [6.45, 7) is 1.73. The summed E-state index contributed by atoms with van der Waals surface area (Å²) < 4.78 is 6.24. The molecule has 1 aromatic rings. The summed E-state index contributed by atoms with van der Waals surface area (Å²) in [6, 6.07) is -0.641. The summed E-state index contributed by atoms with van der Waals surface area (Å²) in [6.07, 6.45) is 1.63. The van der Waals surface area contributed by atoms with Crippen LogP contribution in [0.4, 0.5) is 0 Å². The topological polar surface area (TPSA) is 92.5 Å². The maximum Gasteiger partial charge on any atom is 0.329 e. The van der Waals surface area contributed by atoms with Gasteiger partial charge in [0.1, 0.15) is 5.69 Å². The monoisotopic (exact) mass is 271 g/mol. The second kappa shape index (κ2) is 7.82. The smallest absolute Gasteiger partial charge is 0.329 e. The third-order valence-corrected chi connectivity index (χ3v) is 2.53. The molecule has 1 rings (SSSR count). The van der Waals surface area contributed by atoms with Crippen molar-refractivity contribution < 1.29 is 14.6 Å². The number of methoxy groups -OCH3 is 1. The zero-order valence-corrected chi connectivity index (χ0v) is 11.5. The molecule has 8 nitrogen and oxygen atoms in total. The van der Waals surface area contributed by atoms with Crippen LogP contribution in [0.15, 0.2) is 6.20 Å². The van der Waals surface area contributed by atoms with Gasteiger partial charge in [-0.15, -0.1) is 5.10 Å². The average molecular weight is 271 g/mol. The number of carbonyl (C=O) groups excluding carboxylic acids is 1. The first-order valence-electron chi connectivity index (χ1n) is 6.05. The second-order valence-corrected chi connectivity index (χ2v) is 4.34. The Hall–Kier alpha value is -1.51. The van der Waals surface area contributed by atoms with E-state index >= 15 is 0 Å². The molecule has 0 aromatic carbocycles. The minimum Gasteiger partial charge on any atom is -0.468 e. The van der Waals surface area contributed by atoms with Crippen molar-refractivity contribution in [3.8, 4) is 0 Å². The van der Waals surface area contributed by atoms with Gasteiger partial charge in [-0.3, -0.25) is 5.32 Å². The third kappa shape index (κ3) is 4.93. The number of nitrogens with zero attached hydrogens (tertiary/aromatic N) is 4. The highest BCUT2D eigenvalue weighted by Crippen LogP contribution is 2.10. The van der Waals surface area contributed by atoms with E-state index in [9.17, 15) is 4.79 Å². The molecule has 1 heterocycles. The van der Waals surface area contributed by atoms with Crippen LogP contribution in [0.3, 0.4) is 0 Å².